The van der Waals surface area contributed by atoms with Gasteiger partial charge in [-0.25, -0.2) is 4.79 Å². The molecule has 0 aromatic heterocycles. The molecule has 0 unspecified atom stereocenters. The van der Waals surface area contributed by atoms with Gasteiger partial charge in [0.15, 0.2) is 6.61 Å². The van der Waals surface area contributed by atoms with Crippen molar-refractivity contribution in [2.24, 2.45) is 0 Å². The first-order valence-electron chi connectivity index (χ1n) is 7.58. The first kappa shape index (κ1) is 22.4. The number of allylic oxidation sites excluding steroid dienone is 1. The van der Waals surface area contributed by atoms with Crippen LogP contribution in [0.3, 0.4) is 0 Å². The van der Waals surface area contributed by atoms with E-state index in [4.69, 9.17) is 9.47 Å². The van der Waals surface area contributed by atoms with Crippen LogP contribution in [0.5, 0.6) is 0 Å². The number of nitrogens with one attached hydrogen (secondary N) is 2. The van der Waals surface area contributed by atoms with Gasteiger partial charge in [0.1, 0.15) is 18.4 Å². The van der Waals surface area contributed by atoms with E-state index in [1.165, 1.54) is 6.92 Å². The van der Waals surface area contributed by atoms with E-state index >= 15 is 0 Å². The number of esters is 1. The third-order valence-corrected chi connectivity index (χ3v) is 3.24. The molecule has 0 aliphatic heterocycles. The van der Waals surface area contributed by atoms with E-state index in [0.717, 1.165) is 0 Å². The minimum atomic E-state index is -1.51. The predicted molar refractivity (Wildman–Crippen MR) is 89.2 cm³/mol. The van der Waals surface area contributed by atoms with Crippen LogP contribution >= 0.6 is 0 Å². The molecule has 0 saturated heterocycles. The van der Waals surface area contributed by atoms with Gasteiger partial charge in [0, 0.05) is 5.57 Å². The number of rotatable bonds is 11. The summed E-state index contributed by atoms with van der Waals surface area (Å²) in [6.07, 6.45) is 0. The van der Waals surface area contributed by atoms with E-state index in [1.54, 1.807) is 21.0 Å². The lowest BCUT2D eigenvalue weighted by molar-refractivity contribution is -0.875. The molecular formula is C17H26N2O6. The molecule has 0 saturated carbocycles. The largest absolute Gasteiger partial charge is 0.548 e. The maximum Gasteiger partial charge on any atom is 0.333 e. The molecule has 0 aromatic rings. The summed E-state index contributed by atoms with van der Waals surface area (Å²) in [7, 11) is 3.35. The molecule has 2 atom stereocenters. The van der Waals surface area contributed by atoms with Crippen molar-refractivity contribution in [2.45, 2.75) is 25.9 Å². The summed E-state index contributed by atoms with van der Waals surface area (Å²) in [5.41, 5.74) is 0.734. The van der Waals surface area contributed by atoms with Gasteiger partial charge in [-0.05, 0) is 19.4 Å². The number of quaternary nitrogens is 1. The standard InChI is InChI=1S/C17H26N2O6/c1-10(2)12(5)24-8-13(16(21)22)18-15(20)14(19(6)7)9-25-17(23)11(3)4/h13-14H,1,3,5,8-9H2,2,4,6-7H3,(H,18,20)(H,21,22)/t13-,14-/m0/s1. The van der Waals surface area contributed by atoms with Crippen LogP contribution in [-0.4, -0.2) is 57.2 Å². The minimum absolute atomic E-state index is 0.201. The molecule has 2 N–H and O–H groups in total. The number of likely N-dealkylation sites (N-methyl/N-ethyl adjacent to an activating group) is 1. The van der Waals surface area contributed by atoms with E-state index in [9.17, 15) is 19.5 Å². The normalized spacial score (nSPS) is 12.7. The lowest BCUT2D eigenvalue weighted by Crippen LogP contribution is -3.12. The van der Waals surface area contributed by atoms with Gasteiger partial charge in [-0.15, -0.1) is 0 Å². The summed E-state index contributed by atoms with van der Waals surface area (Å²) in [5, 5.41) is 13.5. The highest BCUT2D eigenvalue weighted by atomic mass is 16.5. The number of carboxylic acids is 1. The smallest absolute Gasteiger partial charge is 0.333 e. The second-order valence-corrected chi connectivity index (χ2v) is 5.90. The van der Waals surface area contributed by atoms with Crippen molar-refractivity contribution in [3.8, 4) is 0 Å². The molecule has 8 heteroatoms. The second-order valence-electron chi connectivity index (χ2n) is 5.90. The number of carboxylic acid groups (broad SMARTS) is 1. The second kappa shape index (κ2) is 10.3. The zero-order valence-corrected chi connectivity index (χ0v) is 15.1. The summed E-state index contributed by atoms with van der Waals surface area (Å²) in [5.74, 6) is -2.54. The van der Waals surface area contributed by atoms with Crippen LogP contribution in [0.1, 0.15) is 13.8 Å². The molecule has 0 radical (unpaired) electrons. The molecule has 0 heterocycles. The molecule has 0 aromatic carbocycles. The summed E-state index contributed by atoms with van der Waals surface area (Å²) in [4.78, 5) is 35.6. The van der Waals surface area contributed by atoms with Gasteiger partial charge in [-0.1, -0.05) is 19.7 Å². The summed E-state index contributed by atoms with van der Waals surface area (Å²) in [6.45, 7) is 13.2. The van der Waals surface area contributed by atoms with Crippen molar-refractivity contribution in [2.75, 3.05) is 27.3 Å². The van der Waals surface area contributed by atoms with Crippen LogP contribution in [0, 0.1) is 0 Å². The molecule has 0 fully saturated rings. The molecule has 25 heavy (non-hydrogen) atoms. The highest BCUT2D eigenvalue weighted by molar-refractivity contribution is 5.88. The third-order valence-electron chi connectivity index (χ3n) is 3.24. The van der Waals surface area contributed by atoms with Crippen molar-refractivity contribution >= 4 is 17.8 Å². The van der Waals surface area contributed by atoms with Gasteiger partial charge in [0.2, 0.25) is 6.04 Å². The molecule has 0 aliphatic carbocycles. The summed E-state index contributed by atoms with van der Waals surface area (Å²) >= 11 is 0. The van der Waals surface area contributed by atoms with Crippen molar-refractivity contribution in [1.82, 2.24) is 5.32 Å². The number of carbonyl (C=O) groups excluding carboxylic acids is 3. The molecule has 0 bridgehead atoms. The Bertz CT molecular complexity index is 567. The quantitative estimate of drug-likeness (QED) is 0.192. The SMILES string of the molecule is C=C(C)C(=C)OC[C@H](NC(=O)[C@H](COC(=O)C(=C)C)[NH+](C)C)C(=O)[O-]. The van der Waals surface area contributed by atoms with Crippen LogP contribution in [0.2, 0.25) is 0 Å². The van der Waals surface area contributed by atoms with Crippen LogP contribution in [0.25, 0.3) is 0 Å². The highest BCUT2D eigenvalue weighted by Crippen LogP contribution is 2.05. The number of carbonyl (C=O) groups is 3. The van der Waals surface area contributed by atoms with E-state index in [1.807, 2.05) is 0 Å². The monoisotopic (exact) mass is 354 g/mol. The molecule has 140 valence electrons. The topological polar surface area (TPSA) is 109 Å². The Kier molecular flexibility index (Phi) is 9.22. The fourth-order valence-electron chi connectivity index (χ4n) is 1.53. The molecule has 0 rings (SSSR count). The fourth-order valence-corrected chi connectivity index (χ4v) is 1.53. The zero-order chi connectivity index (χ0) is 19.7. The highest BCUT2D eigenvalue weighted by Gasteiger charge is 2.29. The van der Waals surface area contributed by atoms with E-state index < -0.39 is 29.9 Å². The molecular weight excluding hydrogens is 328 g/mol. The van der Waals surface area contributed by atoms with E-state index in [-0.39, 0.29) is 24.5 Å². The number of hydrogen-bond acceptors (Lipinski definition) is 6. The van der Waals surface area contributed by atoms with Gasteiger partial charge in [0.25, 0.3) is 5.91 Å². The van der Waals surface area contributed by atoms with Gasteiger partial charge in [-0.2, -0.15) is 0 Å². The van der Waals surface area contributed by atoms with E-state index in [2.05, 4.69) is 25.1 Å². The van der Waals surface area contributed by atoms with Crippen LogP contribution < -0.4 is 15.3 Å². The summed E-state index contributed by atoms with van der Waals surface area (Å²) < 4.78 is 10.1. The maximum atomic E-state index is 12.3. The first-order valence-corrected chi connectivity index (χ1v) is 7.58. The molecule has 8 nitrogen and oxygen atoms in total. The number of amides is 1. The van der Waals surface area contributed by atoms with Crippen LogP contribution in [-0.2, 0) is 23.9 Å². The average molecular weight is 354 g/mol. The van der Waals surface area contributed by atoms with Gasteiger partial charge in [-0.3, -0.25) is 4.79 Å². The Labute approximate surface area is 147 Å². The van der Waals surface area contributed by atoms with Crippen molar-refractivity contribution in [3.05, 3.63) is 36.6 Å². The van der Waals surface area contributed by atoms with Crippen molar-refractivity contribution in [3.63, 3.8) is 0 Å². The minimum Gasteiger partial charge on any atom is -0.548 e. The lowest BCUT2D eigenvalue weighted by atomic mass is 10.2. The molecule has 1 amide bonds. The van der Waals surface area contributed by atoms with Crippen molar-refractivity contribution < 1.29 is 33.9 Å². The van der Waals surface area contributed by atoms with E-state index in [0.29, 0.717) is 10.5 Å². The van der Waals surface area contributed by atoms with Crippen molar-refractivity contribution in [1.29, 1.82) is 0 Å². The Morgan fingerprint density at radius 3 is 2.00 bits per heavy atom. The Balaban J connectivity index is 4.88. The predicted octanol–water partition coefficient (Wildman–Crippen LogP) is -2.04. The first-order chi connectivity index (χ1) is 11.5. The Morgan fingerprint density at radius 2 is 1.60 bits per heavy atom. The van der Waals surface area contributed by atoms with Gasteiger partial charge in [0.05, 0.1) is 20.1 Å². The summed E-state index contributed by atoms with van der Waals surface area (Å²) in [6, 6.07) is -2.20. The zero-order valence-electron chi connectivity index (χ0n) is 15.1. The maximum absolute atomic E-state index is 12.3. The van der Waals surface area contributed by atoms with Gasteiger partial charge < -0.3 is 29.6 Å². The van der Waals surface area contributed by atoms with Crippen LogP contribution in [0.15, 0.2) is 36.6 Å². The number of aliphatic carboxylic acids is 1. The number of hydrogen-bond donors (Lipinski definition) is 2. The van der Waals surface area contributed by atoms with Gasteiger partial charge >= 0.3 is 5.97 Å². The lowest BCUT2D eigenvalue weighted by Gasteiger charge is -2.25. The van der Waals surface area contributed by atoms with Crippen LogP contribution in [0.4, 0.5) is 0 Å². The Morgan fingerprint density at radius 1 is 1.04 bits per heavy atom. The third kappa shape index (κ3) is 8.16. The molecule has 0 spiro atoms. The number of ether oxygens (including phenoxy) is 2. The average Bonchev–Trinajstić information content (AvgIpc) is 2.49. The molecule has 0 aliphatic rings. The Hall–Kier alpha value is -2.61. The fraction of sp³-hybridized carbons (Fsp3) is 0.471.